The number of carbonyl (C=O) groups excluding carboxylic acids is 1. The Hall–Kier alpha value is -2.38. The number of nitrogen functional groups attached to an aromatic ring is 1. The van der Waals surface area contributed by atoms with Gasteiger partial charge in [0.2, 0.25) is 0 Å². The first kappa shape index (κ1) is 17.0. The molecule has 1 saturated heterocycles. The average Bonchev–Trinajstić information content (AvgIpc) is 2.85. The van der Waals surface area contributed by atoms with Crippen LogP contribution in [-0.2, 0) is 4.74 Å². The second-order valence-electron chi connectivity index (χ2n) is 6.52. The Kier molecular flexibility index (Phi) is 4.44. The van der Waals surface area contributed by atoms with E-state index in [9.17, 15) is 19.3 Å². The van der Waals surface area contributed by atoms with Crippen molar-refractivity contribution in [1.29, 1.82) is 0 Å². The maximum atomic E-state index is 14.2. The monoisotopic (exact) mass is 325 g/mol. The molecule has 1 fully saturated rings. The van der Waals surface area contributed by atoms with Gasteiger partial charge in [0.15, 0.2) is 0 Å². The fourth-order valence-electron chi connectivity index (χ4n) is 2.64. The molecule has 1 heterocycles. The predicted molar refractivity (Wildman–Crippen MR) is 82.4 cm³/mol. The maximum absolute atomic E-state index is 14.2. The molecule has 1 aliphatic rings. The van der Waals surface area contributed by atoms with Gasteiger partial charge in [-0.05, 0) is 33.6 Å². The minimum Gasteiger partial charge on any atom is -0.444 e. The zero-order valence-electron chi connectivity index (χ0n) is 13.3. The number of carbonyl (C=O) groups is 1. The first-order valence-electron chi connectivity index (χ1n) is 7.33. The van der Waals surface area contributed by atoms with Gasteiger partial charge in [0, 0.05) is 24.2 Å². The molecule has 2 N–H and O–H groups in total. The summed E-state index contributed by atoms with van der Waals surface area (Å²) in [6, 6.07) is 1.45. The number of anilines is 1. The van der Waals surface area contributed by atoms with Crippen molar-refractivity contribution >= 4 is 17.5 Å². The molecular formula is C15H20FN3O4. The Morgan fingerprint density at radius 2 is 2.13 bits per heavy atom. The lowest BCUT2D eigenvalue weighted by Gasteiger charge is -2.29. The van der Waals surface area contributed by atoms with Crippen molar-refractivity contribution in [3.8, 4) is 0 Å². The van der Waals surface area contributed by atoms with Crippen LogP contribution >= 0.6 is 0 Å². The second kappa shape index (κ2) is 6.02. The summed E-state index contributed by atoms with van der Waals surface area (Å²) >= 11 is 0. The van der Waals surface area contributed by atoms with Crippen molar-refractivity contribution in [1.82, 2.24) is 4.90 Å². The van der Waals surface area contributed by atoms with Crippen LogP contribution in [0.1, 0.15) is 45.2 Å². The van der Waals surface area contributed by atoms with E-state index in [0.29, 0.717) is 19.4 Å². The Balaban J connectivity index is 2.35. The molecule has 1 unspecified atom stereocenters. The van der Waals surface area contributed by atoms with Crippen molar-refractivity contribution in [2.75, 3.05) is 12.3 Å². The predicted octanol–water partition coefficient (Wildman–Crippen LogP) is 3.39. The molecule has 23 heavy (non-hydrogen) atoms. The highest BCUT2D eigenvalue weighted by molar-refractivity contribution is 5.70. The van der Waals surface area contributed by atoms with Crippen LogP contribution in [0.4, 0.5) is 20.6 Å². The van der Waals surface area contributed by atoms with Gasteiger partial charge in [0.05, 0.1) is 11.0 Å². The second-order valence-corrected chi connectivity index (χ2v) is 6.52. The van der Waals surface area contributed by atoms with E-state index >= 15 is 0 Å². The first-order valence-corrected chi connectivity index (χ1v) is 7.33. The summed E-state index contributed by atoms with van der Waals surface area (Å²) in [5.74, 6) is -0.659. The van der Waals surface area contributed by atoms with Gasteiger partial charge < -0.3 is 15.4 Å². The molecule has 126 valence electrons. The molecule has 1 amide bonds. The van der Waals surface area contributed by atoms with Gasteiger partial charge in [-0.25, -0.2) is 9.18 Å². The van der Waals surface area contributed by atoms with Gasteiger partial charge in [-0.15, -0.1) is 0 Å². The van der Waals surface area contributed by atoms with Crippen molar-refractivity contribution in [2.24, 2.45) is 0 Å². The fraction of sp³-hybridized carbons (Fsp3) is 0.533. The number of nitro benzene ring substituents is 1. The molecule has 1 atom stereocenters. The molecular weight excluding hydrogens is 305 g/mol. The van der Waals surface area contributed by atoms with Crippen LogP contribution in [0, 0.1) is 15.9 Å². The molecule has 0 aliphatic carbocycles. The molecule has 1 aliphatic heterocycles. The summed E-state index contributed by atoms with van der Waals surface area (Å²) < 4.78 is 19.6. The van der Waals surface area contributed by atoms with Gasteiger partial charge in [-0.2, -0.15) is 0 Å². The topological polar surface area (TPSA) is 98.7 Å². The molecule has 7 nitrogen and oxygen atoms in total. The van der Waals surface area contributed by atoms with E-state index in [0.717, 1.165) is 12.1 Å². The Labute approximate surface area is 133 Å². The van der Waals surface area contributed by atoms with E-state index in [4.69, 9.17) is 10.5 Å². The van der Waals surface area contributed by atoms with Crippen LogP contribution < -0.4 is 5.73 Å². The number of halogens is 1. The third-order valence-electron chi connectivity index (χ3n) is 3.58. The number of nitrogens with two attached hydrogens (primary N) is 1. The van der Waals surface area contributed by atoms with Gasteiger partial charge >= 0.3 is 6.09 Å². The molecule has 0 radical (unpaired) electrons. The van der Waals surface area contributed by atoms with Crippen molar-refractivity contribution in [2.45, 2.75) is 45.3 Å². The van der Waals surface area contributed by atoms with Crippen molar-refractivity contribution in [3.63, 3.8) is 0 Å². The van der Waals surface area contributed by atoms with Crippen LogP contribution in [-0.4, -0.2) is 28.1 Å². The lowest BCUT2D eigenvalue weighted by atomic mass is 10.0. The summed E-state index contributed by atoms with van der Waals surface area (Å²) in [5, 5.41) is 11.0. The lowest BCUT2D eigenvalue weighted by molar-refractivity contribution is -0.384. The molecule has 0 bridgehead atoms. The van der Waals surface area contributed by atoms with E-state index < -0.39 is 28.5 Å². The van der Waals surface area contributed by atoms with E-state index in [-0.39, 0.29) is 16.9 Å². The smallest absolute Gasteiger partial charge is 0.410 e. The van der Waals surface area contributed by atoms with Crippen LogP contribution in [0.2, 0.25) is 0 Å². The number of hydrogen-bond acceptors (Lipinski definition) is 5. The van der Waals surface area contributed by atoms with Gasteiger partial charge in [0.1, 0.15) is 17.1 Å². The fourth-order valence-corrected chi connectivity index (χ4v) is 2.64. The number of amides is 1. The molecule has 2 rings (SSSR count). The van der Waals surface area contributed by atoms with E-state index in [1.807, 2.05) is 0 Å². The summed E-state index contributed by atoms with van der Waals surface area (Å²) in [6.45, 7) is 5.64. The minimum atomic E-state index is -0.671. The van der Waals surface area contributed by atoms with Crippen LogP contribution in [0.3, 0.4) is 0 Å². The number of likely N-dealkylation sites (tertiary alicyclic amines) is 1. The SMILES string of the molecule is CC(C)(C)OC(=O)N1CCCC1c1cc([N+](=O)[O-])c(N)cc1F. The summed E-state index contributed by atoms with van der Waals surface area (Å²) in [7, 11) is 0. The van der Waals surface area contributed by atoms with Crippen LogP contribution in [0.5, 0.6) is 0 Å². The van der Waals surface area contributed by atoms with Gasteiger partial charge in [-0.3, -0.25) is 10.1 Å². The summed E-state index contributed by atoms with van der Waals surface area (Å²) in [5.41, 5.74) is 4.30. The maximum Gasteiger partial charge on any atom is 0.410 e. The molecule has 0 aromatic heterocycles. The summed E-state index contributed by atoms with van der Waals surface area (Å²) in [4.78, 5) is 24.0. The number of hydrogen-bond donors (Lipinski definition) is 1. The van der Waals surface area contributed by atoms with Gasteiger partial charge in [0.25, 0.3) is 5.69 Å². The third-order valence-corrected chi connectivity index (χ3v) is 3.58. The average molecular weight is 325 g/mol. The van der Waals surface area contributed by atoms with E-state index in [2.05, 4.69) is 0 Å². The Morgan fingerprint density at radius 3 is 2.70 bits per heavy atom. The highest BCUT2D eigenvalue weighted by Crippen LogP contribution is 2.37. The van der Waals surface area contributed by atoms with Crippen LogP contribution in [0.25, 0.3) is 0 Å². The van der Waals surface area contributed by atoms with Crippen LogP contribution in [0.15, 0.2) is 12.1 Å². The first-order chi connectivity index (χ1) is 10.6. The normalized spacial score (nSPS) is 18.1. The van der Waals surface area contributed by atoms with E-state index in [1.54, 1.807) is 20.8 Å². The number of rotatable bonds is 2. The van der Waals surface area contributed by atoms with E-state index in [1.165, 1.54) is 4.90 Å². The third kappa shape index (κ3) is 3.69. The number of ether oxygens (including phenoxy) is 1. The quantitative estimate of drug-likeness (QED) is 0.510. The lowest BCUT2D eigenvalue weighted by Crippen LogP contribution is -2.36. The van der Waals surface area contributed by atoms with Gasteiger partial charge in [-0.1, -0.05) is 0 Å². The Bertz CT molecular complexity index is 642. The molecule has 1 aromatic carbocycles. The molecule has 0 saturated carbocycles. The standard InChI is InChI=1S/C15H20FN3O4/c1-15(2,3)23-14(20)18-6-4-5-12(18)9-7-13(19(21)22)11(17)8-10(9)16/h7-8,12H,4-6,17H2,1-3H3. The molecule has 8 heteroatoms. The number of nitrogens with zero attached hydrogens (tertiary/aromatic N) is 2. The summed E-state index contributed by atoms with van der Waals surface area (Å²) in [6.07, 6.45) is 0.623. The highest BCUT2D eigenvalue weighted by atomic mass is 19.1. The molecule has 1 aromatic rings. The van der Waals surface area contributed by atoms with Crippen molar-refractivity contribution in [3.05, 3.63) is 33.6 Å². The van der Waals surface area contributed by atoms with Crippen molar-refractivity contribution < 1.29 is 18.8 Å². The number of benzene rings is 1. The zero-order valence-corrected chi connectivity index (χ0v) is 13.3. The number of nitro groups is 1. The highest BCUT2D eigenvalue weighted by Gasteiger charge is 2.35. The Morgan fingerprint density at radius 1 is 1.48 bits per heavy atom. The minimum absolute atomic E-state index is 0.0919. The largest absolute Gasteiger partial charge is 0.444 e. The zero-order chi connectivity index (χ0) is 17.4. The molecule has 0 spiro atoms.